The van der Waals surface area contributed by atoms with Crippen molar-refractivity contribution in [3.05, 3.63) is 95.4 Å². The van der Waals surface area contributed by atoms with E-state index in [1.54, 1.807) is 0 Å². The summed E-state index contributed by atoms with van der Waals surface area (Å²) < 4.78 is 0. The number of nitrogens with one attached hydrogen (secondary N) is 1. The quantitative estimate of drug-likeness (QED) is 0.444. The van der Waals surface area contributed by atoms with Crippen LogP contribution < -0.4 is 5.32 Å². The first-order chi connectivity index (χ1) is 13.6. The Balaban J connectivity index is 1.69. The molecule has 0 atom stereocenters. The second-order valence-electron chi connectivity index (χ2n) is 7.56. The van der Waals surface area contributed by atoms with Crippen LogP contribution in [0.2, 0.25) is 0 Å². The van der Waals surface area contributed by atoms with Gasteiger partial charge in [-0.05, 0) is 71.2 Å². The van der Waals surface area contributed by atoms with Crippen molar-refractivity contribution in [2.45, 2.75) is 33.1 Å². The number of anilines is 2. The summed E-state index contributed by atoms with van der Waals surface area (Å²) in [6, 6.07) is 19.1. The zero-order valence-electron chi connectivity index (χ0n) is 16.6. The normalized spacial score (nSPS) is 11.1. The van der Waals surface area contributed by atoms with Crippen LogP contribution in [0.5, 0.6) is 0 Å². The van der Waals surface area contributed by atoms with Crippen molar-refractivity contribution in [3.63, 3.8) is 0 Å². The van der Waals surface area contributed by atoms with Crippen LogP contribution >= 0.6 is 0 Å². The third-order valence-corrected chi connectivity index (χ3v) is 5.18. The summed E-state index contributed by atoms with van der Waals surface area (Å²) in [6.45, 7) is 6.63. The maximum Gasteiger partial charge on any atom is 0.138 e. The third-order valence-electron chi connectivity index (χ3n) is 5.18. The smallest absolute Gasteiger partial charge is 0.138 e. The molecule has 140 valence electrons. The monoisotopic (exact) mass is 367 g/mol. The molecule has 0 spiro atoms. The minimum Gasteiger partial charge on any atom is -0.340 e. The highest BCUT2D eigenvalue weighted by Crippen LogP contribution is 2.29. The van der Waals surface area contributed by atoms with E-state index in [1.807, 2.05) is 18.6 Å². The summed E-state index contributed by atoms with van der Waals surface area (Å²) >= 11 is 0. The van der Waals surface area contributed by atoms with Crippen LogP contribution in [-0.4, -0.2) is 9.97 Å². The van der Waals surface area contributed by atoms with Crippen LogP contribution in [0.3, 0.4) is 0 Å². The molecule has 28 heavy (non-hydrogen) atoms. The van der Waals surface area contributed by atoms with E-state index in [1.165, 1.54) is 27.6 Å². The lowest BCUT2D eigenvalue weighted by molar-refractivity contribution is 0.857. The largest absolute Gasteiger partial charge is 0.340 e. The van der Waals surface area contributed by atoms with Crippen molar-refractivity contribution >= 4 is 22.3 Å². The molecule has 2 aromatic heterocycles. The van der Waals surface area contributed by atoms with E-state index in [4.69, 9.17) is 4.98 Å². The van der Waals surface area contributed by atoms with Gasteiger partial charge >= 0.3 is 0 Å². The second-order valence-corrected chi connectivity index (χ2v) is 7.56. The number of nitrogens with zero attached hydrogens (tertiary/aromatic N) is 2. The van der Waals surface area contributed by atoms with Gasteiger partial charge in [0.1, 0.15) is 5.82 Å². The van der Waals surface area contributed by atoms with Gasteiger partial charge in [0.25, 0.3) is 0 Å². The highest BCUT2D eigenvalue weighted by molar-refractivity contribution is 5.95. The highest BCUT2D eigenvalue weighted by Gasteiger charge is 2.10. The predicted molar refractivity (Wildman–Crippen MR) is 117 cm³/mol. The number of hydrogen-bond acceptors (Lipinski definition) is 3. The number of fused-ring (bicyclic) bond motifs is 1. The lowest BCUT2D eigenvalue weighted by Gasteiger charge is -2.15. The van der Waals surface area contributed by atoms with E-state index in [-0.39, 0.29) is 0 Å². The molecule has 1 N–H and O–H groups in total. The Morgan fingerprint density at radius 3 is 2.39 bits per heavy atom. The van der Waals surface area contributed by atoms with Gasteiger partial charge in [-0.1, -0.05) is 44.2 Å². The summed E-state index contributed by atoms with van der Waals surface area (Å²) in [5.74, 6) is 1.42. The van der Waals surface area contributed by atoms with Crippen LogP contribution in [0.4, 0.5) is 11.5 Å². The van der Waals surface area contributed by atoms with Gasteiger partial charge in [-0.2, -0.15) is 0 Å². The molecule has 2 aromatic carbocycles. The molecular formula is C25H25N3. The molecule has 0 aliphatic heterocycles. The first-order valence-electron chi connectivity index (χ1n) is 9.75. The maximum absolute atomic E-state index is 4.76. The zero-order chi connectivity index (χ0) is 19.5. The van der Waals surface area contributed by atoms with Crippen LogP contribution in [0, 0.1) is 6.92 Å². The molecule has 0 unspecified atom stereocenters. The Kier molecular flexibility index (Phi) is 5.07. The number of rotatable bonds is 5. The molecule has 0 bridgehead atoms. The van der Waals surface area contributed by atoms with Crippen LogP contribution in [0.1, 0.15) is 42.0 Å². The summed E-state index contributed by atoms with van der Waals surface area (Å²) in [5.41, 5.74) is 6.22. The Morgan fingerprint density at radius 2 is 1.68 bits per heavy atom. The first-order valence-corrected chi connectivity index (χ1v) is 9.75. The summed E-state index contributed by atoms with van der Waals surface area (Å²) in [7, 11) is 0. The molecule has 0 radical (unpaired) electrons. The second kappa shape index (κ2) is 7.81. The van der Waals surface area contributed by atoms with E-state index in [0.717, 1.165) is 23.3 Å². The van der Waals surface area contributed by atoms with Crippen molar-refractivity contribution in [3.8, 4) is 0 Å². The van der Waals surface area contributed by atoms with E-state index >= 15 is 0 Å². The van der Waals surface area contributed by atoms with E-state index < -0.39 is 0 Å². The van der Waals surface area contributed by atoms with Crippen molar-refractivity contribution in [2.24, 2.45) is 0 Å². The van der Waals surface area contributed by atoms with Crippen molar-refractivity contribution < 1.29 is 0 Å². The average molecular weight is 367 g/mol. The van der Waals surface area contributed by atoms with E-state index in [2.05, 4.69) is 85.7 Å². The number of aryl methyl sites for hydroxylation is 1. The summed E-state index contributed by atoms with van der Waals surface area (Å²) in [4.78, 5) is 8.87. The number of hydrogen-bond donors (Lipinski definition) is 1. The van der Waals surface area contributed by atoms with Gasteiger partial charge in [-0.15, -0.1) is 0 Å². The molecule has 3 heteroatoms. The molecule has 4 rings (SSSR count). The maximum atomic E-state index is 4.76. The summed E-state index contributed by atoms with van der Waals surface area (Å²) in [6.07, 6.45) is 6.51. The van der Waals surface area contributed by atoms with Crippen LogP contribution in [0.25, 0.3) is 10.8 Å². The van der Waals surface area contributed by atoms with Crippen molar-refractivity contribution in [2.75, 3.05) is 5.32 Å². The lowest BCUT2D eigenvalue weighted by atomic mass is 9.97. The molecule has 0 saturated heterocycles. The Hall–Kier alpha value is -3.20. The van der Waals surface area contributed by atoms with Gasteiger partial charge in [-0.25, -0.2) is 4.98 Å². The number of benzene rings is 2. The molecule has 0 aliphatic rings. The fourth-order valence-corrected chi connectivity index (χ4v) is 3.75. The molecule has 0 aliphatic carbocycles. The molecule has 0 amide bonds. The minimum absolute atomic E-state index is 0.528. The van der Waals surface area contributed by atoms with Gasteiger partial charge in [0.2, 0.25) is 0 Å². The molecule has 3 nitrogen and oxygen atoms in total. The summed E-state index contributed by atoms with van der Waals surface area (Å²) in [5, 5.41) is 5.89. The SMILES string of the molecule is Cc1cc(Nc2ncc(Cc3ccncc3)c3ccccc23)ccc1C(C)C. The molecule has 4 aromatic rings. The van der Waals surface area contributed by atoms with Crippen molar-refractivity contribution in [1.29, 1.82) is 0 Å². The van der Waals surface area contributed by atoms with Gasteiger partial charge in [-0.3, -0.25) is 4.98 Å². The Labute approximate surface area is 166 Å². The molecule has 0 saturated carbocycles. The average Bonchev–Trinajstić information content (AvgIpc) is 2.70. The predicted octanol–water partition coefficient (Wildman–Crippen LogP) is 6.40. The highest BCUT2D eigenvalue weighted by atomic mass is 15.0. The van der Waals surface area contributed by atoms with E-state index in [0.29, 0.717) is 5.92 Å². The molecule has 0 fully saturated rings. The number of pyridine rings is 2. The Morgan fingerprint density at radius 1 is 0.929 bits per heavy atom. The Bertz CT molecular complexity index is 1100. The molecule has 2 heterocycles. The van der Waals surface area contributed by atoms with Crippen LogP contribution in [0.15, 0.2) is 73.2 Å². The standard InChI is InChI=1S/C25H25N3/c1-17(2)22-9-8-21(14-18(22)3)28-25-24-7-5-4-6-23(24)20(16-27-25)15-19-10-12-26-13-11-19/h4-14,16-17H,15H2,1-3H3,(H,27,28). The van der Waals surface area contributed by atoms with Gasteiger partial charge in [0, 0.05) is 29.7 Å². The fourth-order valence-electron chi connectivity index (χ4n) is 3.75. The van der Waals surface area contributed by atoms with Gasteiger partial charge in [0.15, 0.2) is 0 Å². The number of aromatic nitrogens is 2. The minimum atomic E-state index is 0.528. The zero-order valence-corrected chi connectivity index (χ0v) is 16.6. The topological polar surface area (TPSA) is 37.8 Å². The van der Waals surface area contributed by atoms with E-state index in [9.17, 15) is 0 Å². The lowest BCUT2D eigenvalue weighted by Crippen LogP contribution is -2.00. The van der Waals surface area contributed by atoms with Gasteiger partial charge in [0.05, 0.1) is 0 Å². The molecular weight excluding hydrogens is 342 g/mol. The first kappa shape index (κ1) is 18.2. The fraction of sp³-hybridized carbons (Fsp3) is 0.200. The third kappa shape index (κ3) is 3.74. The van der Waals surface area contributed by atoms with Crippen LogP contribution in [-0.2, 0) is 6.42 Å². The van der Waals surface area contributed by atoms with Gasteiger partial charge < -0.3 is 5.32 Å². The van der Waals surface area contributed by atoms with Crippen molar-refractivity contribution in [1.82, 2.24) is 9.97 Å².